The van der Waals surface area contributed by atoms with Gasteiger partial charge in [0.2, 0.25) is 0 Å². The highest BCUT2D eigenvalue weighted by Crippen LogP contribution is 2.10. The number of aliphatic hydroxyl groups excluding tert-OH is 1. The van der Waals surface area contributed by atoms with Crippen molar-refractivity contribution in [2.45, 2.75) is 13.5 Å². The molecule has 0 radical (unpaired) electrons. The molecule has 0 amide bonds. The van der Waals surface area contributed by atoms with Gasteiger partial charge in [0.05, 0.1) is 13.2 Å². The molecule has 0 spiro atoms. The average molecular weight is 190 g/mol. The van der Waals surface area contributed by atoms with Crippen LogP contribution in [0.15, 0.2) is 18.3 Å². The molecule has 14 heavy (non-hydrogen) atoms. The highest BCUT2D eigenvalue weighted by molar-refractivity contribution is 5.40. The zero-order valence-electron chi connectivity index (χ0n) is 8.27. The van der Waals surface area contributed by atoms with Crippen molar-refractivity contribution in [3.8, 4) is 12.3 Å². The third-order valence-electron chi connectivity index (χ3n) is 1.98. The molecule has 0 unspecified atom stereocenters. The molecule has 0 aliphatic heterocycles. The number of rotatable bonds is 4. The summed E-state index contributed by atoms with van der Waals surface area (Å²) in [5, 5.41) is 8.84. The van der Waals surface area contributed by atoms with E-state index < -0.39 is 0 Å². The van der Waals surface area contributed by atoms with Crippen LogP contribution in [0, 0.1) is 12.3 Å². The quantitative estimate of drug-likeness (QED) is 0.720. The summed E-state index contributed by atoms with van der Waals surface area (Å²) in [5.74, 6) is 3.43. The van der Waals surface area contributed by atoms with E-state index >= 15 is 0 Å². The van der Waals surface area contributed by atoms with Gasteiger partial charge in [-0.25, -0.2) is 4.98 Å². The summed E-state index contributed by atoms with van der Waals surface area (Å²) in [6.07, 6.45) is 6.90. The van der Waals surface area contributed by atoms with Crippen molar-refractivity contribution < 1.29 is 5.11 Å². The Morgan fingerprint density at radius 2 is 2.36 bits per heavy atom. The Balaban J connectivity index is 2.79. The van der Waals surface area contributed by atoms with Gasteiger partial charge in [-0.3, -0.25) is 0 Å². The molecule has 1 rings (SSSR count). The van der Waals surface area contributed by atoms with Crippen LogP contribution in [0.1, 0.15) is 12.5 Å². The van der Waals surface area contributed by atoms with Gasteiger partial charge in [-0.05, 0) is 18.6 Å². The molecule has 3 nitrogen and oxygen atoms in total. The molecule has 0 aromatic carbocycles. The van der Waals surface area contributed by atoms with Crippen LogP contribution in [0.2, 0.25) is 0 Å². The Labute approximate surface area is 84.4 Å². The summed E-state index contributed by atoms with van der Waals surface area (Å²) in [6, 6.07) is 3.72. The first-order valence-corrected chi connectivity index (χ1v) is 4.56. The van der Waals surface area contributed by atoms with Crippen LogP contribution >= 0.6 is 0 Å². The predicted molar refractivity (Wildman–Crippen MR) is 56.9 cm³/mol. The Kier molecular flexibility index (Phi) is 3.96. The second-order valence-electron chi connectivity index (χ2n) is 2.90. The maximum absolute atomic E-state index is 8.84. The van der Waals surface area contributed by atoms with Crippen LogP contribution in [-0.4, -0.2) is 23.2 Å². The van der Waals surface area contributed by atoms with E-state index in [1.54, 1.807) is 6.20 Å². The first-order chi connectivity index (χ1) is 6.81. The summed E-state index contributed by atoms with van der Waals surface area (Å²) in [4.78, 5) is 6.20. The first kappa shape index (κ1) is 10.6. The number of terminal acetylenes is 1. The van der Waals surface area contributed by atoms with Gasteiger partial charge in [0, 0.05) is 12.7 Å². The topological polar surface area (TPSA) is 36.4 Å². The van der Waals surface area contributed by atoms with E-state index in [-0.39, 0.29) is 6.61 Å². The number of anilines is 1. The molecule has 0 saturated heterocycles. The molecular formula is C11H14N2O. The molecule has 1 heterocycles. The summed E-state index contributed by atoms with van der Waals surface area (Å²) >= 11 is 0. The number of aromatic nitrogens is 1. The molecule has 1 aromatic rings. The molecule has 0 bridgehead atoms. The van der Waals surface area contributed by atoms with Crippen molar-refractivity contribution >= 4 is 5.82 Å². The van der Waals surface area contributed by atoms with Crippen LogP contribution < -0.4 is 4.90 Å². The fourth-order valence-electron chi connectivity index (χ4n) is 1.16. The van der Waals surface area contributed by atoms with E-state index in [1.807, 2.05) is 24.0 Å². The van der Waals surface area contributed by atoms with E-state index in [0.29, 0.717) is 6.54 Å². The Morgan fingerprint density at radius 3 is 2.79 bits per heavy atom. The number of pyridine rings is 1. The molecule has 74 valence electrons. The highest BCUT2D eigenvalue weighted by Gasteiger charge is 2.02. The van der Waals surface area contributed by atoms with Crippen molar-refractivity contribution in [2.75, 3.05) is 18.0 Å². The average Bonchev–Trinajstić information content (AvgIpc) is 2.26. The minimum Gasteiger partial charge on any atom is -0.392 e. The normalized spacial score (nSPS) is 9.50. The second kappa shape index (κ2) is 5.25. The zero-order chi connectivity index (χ0) is 10.4. The molecule has 0 saturated carbocycles. The van der Waals surface area contributed by atoms with Crippen molar-refractivity contribution in [1.82, 2.24) is 4.98 Å². The number of aliphatic hydroxyl groups is 1. The minimum atomic E-state index is 0.0224. The van der Waals surface area contributed by atoms with E-state index in [4.69, 9.17) is 11.5 Å². The fraction of sp³-hybridized carbons (Fsp3) is 0.364. The van der Waals surface area contributed by atoms with E-state index in [9.17, 15) is 0 Å². The molecular weight excluding hydrogens is 176 g/mol. The van der Waals surface area contributed by atoms with E-state index in [0.717, 1.165) is 17.9 Å². The third-order valence-corrected chi connectivity index (χ3v) is 1.98. The van der Waals surface area contributed by atoms with Crippen LogP contribution in [0.25, 0.3) is 0 Å². The van der Waals surface area contributed by atoms with Crippen molar-refractivity contribution in [3.05, 3.63) is 23.9 Å². The van der Waals surface area contributed by atoms with Gasteiger partial charge in [-0.15, -0.1) is 6.42 Å². The molecule has 1 aromatic heterocycles. The lowest BCUT2D eigenvalue weighted by molar-refractivity contribution is 0.281. The smallest absolute Gasteiger partial charge is 0.129 e. The maximum atomic E-state index is 8.84. The monoisotopic (exact) mass is 190 g/mol. The Bertz CT molecular complexity index is 313. The summed E-state index contributed by atoms with van der Waals surface area (Å²) in [5.41, 5.74) is 0.811. The summed E-state index contributed by atoms with van der Waals surface area (Å²) in [6.45, 7) is 3.44. The number of hydrogen-bond acceptors (Lipinski definition) is 3. The van der Waals surface area contributed by atoms with E-state index in [1.165, 1.54) is 0 Å². The van der Waals surface area contributed by atoms with Gasteiger partial charge < -0.3 is 10.0 Å². The Morgan fingerprint density at radius 1 is 1.57 bits per heavy atom. The lowest BCUT2D eigenvalue weighted by Crippen LogP contribution is -2.23. The molecule has 0 atom stereocenters. The molecule has 0 aliphatic rings. The van der Waals surface area contributed by atoms with Gasteiger partial charge in [-0.2, -0.15) is 0 Å². The highest BCUT2D eigenvalue weighted by atomic mass is 16.3. The lowest BCUT2D eigenvalue weighted by atomic mass is 10.3. The summed E-state index contributed by atoms with van der Waals surface area (Å²) < 4.78 is 0. The fourth-order valence-corrected chi connectivity index (χ4v) is 1.16. The Hall–Kier alpha value is -1.53. The molecule has 3 heteroatoms. The SMILES string of the molecule is C#CCN(CC)c1ccc(CO)cn1. The van der Waals surface area contributed by atoms with Gasteiger partial charge in [0.15, 0.2) is 0 Å². The molecule has 1 N–H and O–H groups in total. The largest absolute Gasteiger partial charge is 0.392 e. The van der Waals surface area contributed by atoms with Crippen molar-refractivity contribution in [2.24, 2.45) is 0 Å². The van der Waals surface area contributed by atoms with Gasteiger partial charge in [-0.1, -0.05) is 12.0 Å². The standard InChI is InChI=1S/C11H14N2O/c1-3-7-13(4-2)11-6-5-10(9-14)8-12-11/h1,5-6,8,14H,4,7,9H2,2H3. The maximum Gasteiger partial charge on any atom is 0.129 e. The van der Waals surface area contributed by atoms with Crippen LogP contribution in [0.4, 0.5) is 5.82 Å². The van der Waals surface area contributed by atoms with Crippen LogP contribution in [0.3, 0.4) is 0 Å². The number of nitrogens with zero attached hydrogens (tertiary/aromatic N) is 2. The predicted octanol–water partition coefficient (Wildman–Crippen LogP) is 1.03. The molecule has 0 aliphatic carbocycles. The number of hydrogen-bond donors (Lipinski definition) is 1. The third kappa shape index (κ3) is 2.48. The van der Waals surface area contributed by atoms with E-state index in [2.05, 4.69) is 10.9 Å². The summed E-state index contributed by atoms with van der Waals surface area (Å²) in [7, 11) is 0. The van der Waals surface area contributed by atoms with Crippen LogP contribution in [0.5, 0.6) is 0 Å². The zero-order valence-corrected chi connectivity index (χ0v) is 8.27. The first-order valence-electron chi connectivity index (χ1n) is 4.56. The van der Waals surface area contributed by atoms with Crippen molar-refractivity contribution in [1.29, 1.82) is 0 Å². The van der Waals surface area contributed by atoms with Crippen molar-refractivity contribution in [3.63, 3.8) is 0 Å². The van der Waals surface area contributed by atoms with Crippen LogP contribution in [-0.2, 0) is 6.61 Å². The molecule has 0 fully saturated rings. The van der Waals surface area contributed by atoms with Gasteiger partial charge in [0.1, 0.15) is 5.82 Å². The lowest BCUT2D eigenvalue weighted by Gasteiger charge is -2.18. The van der Waals surface area contributed by atoms with Gasteiger partial charge >= 0.3 is 0 Å². The second-order valence-corrected chi connectivity index (χ2v) is 2.90. The minimum absolute atomic E-state index is 0.0224. The van der Waals surface area contributed by atoms with Gasteiger partial charge in [0.25, 0.3) is 0 Å².